The van der Waals surface area contributed by atoms with Gasteiger partial charge in [-0.3, -0.25) is 9.10 Å². The van der Waals surface area contributed by atoms with Crippen molar-refractivity contribution in [2.24, 2.45) is 0 Å². The lowest BCUT2D eigenvalue weighted by molar-refractivity contribution is 0.217. The minimum absolute atomic E-state index is 0.149. The second-order valence-electron chi connectivity index (χ2n) is 5.49. The molecule has 7 nitrogen and oxygen atoms in total. The van der Waals surface area contributed by atoms with Gasteiger partial charge in [-0.1, -0.05) is 11.9 Å². The monoisotopic (exact) mass is 335 g/mol. The van der Waals surface area contributed by atoms with Gasteiger partial charge in [0.25, 0.3) is 0 Å². The van der Waals surface area contributed by atoms with Gasteiger partial charge in [0.15, 0.2) is 0 Å². The van der Waals surface area contributed by atoms with Gasteiger partial charge in [-0.2, -0.15) is 4.98 Å². The molecule has 0 unspecified atom stereocenters. The molecule has 0 bridgehead atoms. The molecule has 1 aliphatic rings. The Hall–Kier alpha value is -1.64. The van der Waals surface area contributed by atoms with Gasteiger partial charge in [0.1, 0.15) is 5.65 Å². The molecule has 2 aromatic heterocycles. The standard InChI is InChI=1S/C15H21N5O2S/c1-22-8-9-23-20-6-4-12(5-7-20)17-15-16-10-11-2-3-13(21)18-14(11)19-15/h2-3,10,12H,4-9H2,1H3,(H2,16,17,18,19,21). The fraction of sp³-hybridized carbons (Fsp3) is 0.533. The van der Waals surface area contributed by atoms with Gasteiger partial charge in [-0.25, -0.2) is 4.98 Å². The number of pyridine rings is 1. The topological polar surface area (TPSA) is 83.1 Å². The van der Waals surface area contributed by atoms with Gasteiger partial charge in [-0.15, -0.1) is 0 Å². The van der Waals surface area contributed by atoms with E-state index in [1.807, 2.05) is 11.9 Å². The molecular formula is C15H21N5O2S. The van der Waals surface area contributed by atoms with Crippen LogP contribution in [-0.2, 0) is 4.74 Å². The number of hydrogen-bond donors (Lipinski definition) is 2. The van der Waals surface area contributed by atoms with E-state index >= 15 is 0 Å². The van der Waals surface area contributed by atoms with Crippen LogP contribution in [-0.4, -0.2) is 57.9 Å². The summed E-state index contributed by atoms with van der Waals surface area (Å²) >= 11 is 1.84. The molecule has 0 atom stereocenters. The maximum Gasteiger partial charge on any atom is 0.249 e. The molecule has 1 aliphatic heterocycles. The van der Waals surface area contributed by atoms with Crippen molar-refractivity contribution in [3.63, 3.8) is 0 Å². The predicted octanol–water partition coefficient (Wildman–Crippen LogP) is 1.49. The second-order valence-corrected chi connectivity index (χ2v) is 6.68. The summed E-state index contributed by atoms with van der Waals surface area (Å²) in [7, 11) is 1.73. The summed E-state index contributed by atoms with van der Waals surface area (Å²) in [5, 5.41) is 4.21. The first-order valence-corrected chi connectivity index (χ1v) is 8.68. The van der Waals surface area contributed by atoms with Crippen LogP contribution in [0.5, 0.6) is 0 Å². The number of nitrogens with one attached hydrogen (secondary N) is 2. The van der Waals surface area contributed by atoms with Crippen molar-refractivity contribution in [2.75, 3.05) is 37.9 Å². The number of piperidine rings is 1. The summed E-state index contributed by atoms with van der Waals surface area (Å²) in [6, 6.07) is 3.57. The number of ether oxygens (including phenoxy) is 1. The molecule has 3 rings (SSSR count). The van der Waals surface area contributed by atoms with Gasteiger partial charge < -0.3 is 15.0 Å². The Morgan fingerprint density at radius 1 is 1.43 bits per heavy atom. The average Bonchev–Trinajstić information content (AvgIpc) is 2.56. The molecule has 1 fully saturated rings. The lowest BCUT2D eigenvalue weighted by Crippen LogP contribution is -2.36. The third-order valence-electron chi connectivity index (χ3n) is 3.82. The largest absolute Gasteiger partial charge is 0.384 e. The van der Waals surface area contributed by atoms with Gasteiger partial charge in [0.2, 0.25) is 11.5 Å². The fourth-order valence-corrected chi connectivity index (χ4v) is 3.54. The number of hydrogen-bond acceptors (Lipinski definition) is 7. The van der Waals surface area contributed by atoms with Crippen molar-refractivity contribution in [3.05, 3.63) is 28.7 Å². The third-order valence-corrected chi connectivity index (χ3v) is 4.90. The third kappa shape index (κ3) is 4.43. The highest BCUT2D eigenvalue weighted by molar-refractivity contribution is 7.97. The van der Waals surface area contributed by atoms with Crippen molar-refractivity contribution in [1.29, 1.82) is 0 Å². The number of nitrogens with zero attached hydrogens (tertiary/aromatic N) is 3. The fourth-order valence-electron chi connectivity index (χ4n) is 2.57. The van der Waals surface area contributed by atoms with Crippen molar-refractivity contribution in [1.82, 2.24) is 19.3 Å². The molecule has 0 spiro atoms. The molecule has 3 heterocycles. The highest BCUT2D eigenvalue weighted by Crippen LogP contribution is 2.20. The molecule has 0 saturated carbocycles. The summed E-state index contributed by atoms with van der Waals surface area (Å²) in [6.07, 6.45) is 3.83. The number of fused-ring (bicyclic) bond motifs is 1. The van der Waals surface area contributed by atoms with Crippen LogP contribution in [0.4, 0.5) is 5.95 Å². The molecule has 2 aromatic rings. The molecular weight excluding hydrogens is 314 g/mol. The zero-order chi connectivity index (χ0) is 16.1. The number of methoxy groups -OCH3 is 1. The first-order chi connectivity index (χ1) is 11.2. The van der Waals surface area contributed by atoms with Gasteiger partial charge >= 0.3 is 0 Å². The van der Waals surface area contributed by atoms with Crippen LogP contribution in [0.2, 0.25) is 0 Å². The van der Waals surface area contributed by atoms with Gasteiger partial charge in [0.05, 0.1) is 6.61 Å². The zero-order valence-corrected chi connectivity index (χ0v) is 13.9. The van der Waals surface area contributed by atoms with Crippen molar-refractivity contribution in [3.8, 4) is 0 Å². The molecule has 2 N–H and O–H groups in total. The summed E-state index contributed by atoms with van der Waals surface area (Å²) in [5.74, 6) is 1.57. The quantitative estimate of drug-likeness (QED) is 0.611. The highest BCUT2D eigenvalue weighted by Gasteiger charge is 2.20. The van der Waals surface area contributed by atoms with E-state index in [1.165, 1.54) is 6.07 Å². The Kier molecular flexibility index (Phi) is 5.47. The van der Waals surface area contributed by atoms with E-state index in [0.717, 1.165) is 43.7 Å². The molecule has 0 aromatic carbocycles. The second kappa shape index (κ2) is 7.76. The lowest BCUT2D eigenvalue weighted by Gasteiger charge is -2.31. The Labute approximate surface area is 139 Å². The van der Waals surface area contributed by atoms with E-state index in [-0.39, 0.29) is 5.56 Å². The Bertz CT molecular complexity index is 700. The Balaban J connectivity index is 1.55. The molecule has 23 heavy (non-hydrogen) atoms. The minimum atomic E-state index is -0.149. The summed E-state index contributed by atoms with van der Waals surface area (Å²) in [4.78, 5) is 22.8. The lowest BCUT2D eigenvalue weighted by atomic mass is 10.1. The van der Waals surface area contributed by atoms with Crippen LogP contribution in [0.15, 0.2) is 23.1 Å². The zero-order valence-electron chi connectivity index (χ0n) is 13.1. The van der Waals surface area contributed by atoms with Crippen LogP contribution >= 0.6 is 11.9 Å². The van der Waals surface area contributed by atoms with Crippen LogP contribution in [0.1, 0.15) is 12.8 Å². The molecule has 0 radical (unpaired) electrons. The minimum Gasteiger partial charge on any atom is -0.384 e. The smallest absolute Gasteiger partial charge is 0.249 e. The SMILES string of the molecule is COCCSN1CCC(Nc2ncc3ccc(=O)[nH]c3n2)CC1. The van der Waals surface area contributed by atoms with Crippen LogP contribution in [0.3, 0.4) is 0 Å². The number of aromatic nitrogens is 3. The highest BCUT2D eigenvalue weighted by atomic mass is 32.2. The first kappa shape index (κ1) is 16.2. The average molecular weight is 335 g/mol. The number of anilines is 1. The maximum atomic E-state index is 11.4. The van der Waals surface area contributed by atoms with Crippen LogP contribution in [0.25, 0.3) is 11.0 Å². The van der Waals surface area contributed by atoms with E-state index in [1.54, 1.807) is 19.4 Å². The maximum absolute atomic E-state index is 11.4. The van der Waals surface area contributed by atoms with Gasteiger partial charge in [-0.05, 0) is 18.9 Å². The summed E-state index contributed by atoms with van der Waals surface area (Å²) in [6.45, 7) is 2.86. The van der Waals surface area contributed by atoms with E-state index in [0.29, 0.717) is 17.6 Å². The molecule has 8 heteroatoms. The predicted molar refractivity (Wildman–Crippen MR) is 92.7 cm³/mol. The number of rotatable bonds is 6. The van der Waals surface area contributed by atoms with Crippen molar-refractivity contribution in [2.45, 2.75) is 18.9 Å². The Morgan fingerprint density at radius 2 is 2.26 bits per heavy atom. The van der Waals surface area contributed by atoms with Crippen molar-refractivity contribution >= 4 is 28.9 Å². The summed E-state index contributed by atoms with van der Waals surface area (Å²) in [5.41, 5.74) is 0.422. The number of aromatic amines is 1. The number of H-pyrrole nitrogens is 1. The van der Waals surface area contributed by atoms with E-state index in [4.69, 9.17) is 4.74 Å². The molecule has 0 aliphatic carbocycles. The normalized spacial score (nSPS) is 16.7. The van der Waals surface area contributed by atoms with Crippen LogP contribution < -0.4 is 10.9 Å². The molecule has 1 saturated heterocycles. The molecule has 0 amide bonds. The van der Waals surface area contributed by atoms with Gasteiger partial charge in [0, 0.05) is 49.6 Å². The molecule has 124 valence electrons. The van der Waals surface area contributed by atoms with Crippen LogP contribution in [0, 0.1) is 0 Å². The van der Waals surface area contributed by atoms with E-state index in [2.05, 4.69) is 24.6 Å². The van der Waals surface area contributed by atoms with E-state index in [9.17, 15) is 4.79 Å². The Morgan fingerprint density at radius 3 is 3.04 bits per heavy atom. The van der Waals surface area contributed by atoms with Crippen molar-refractivity contribution < 1.29 is 4.74 Å². The first-order valence-electron chi connectivity index (χ1n) is 7.74. The summed E-state index contributed by atoms with van der Waals surface area (Å²) < 4.78 is 7.46. The van der Waals surface area contributed by atoms with E-state index < -0.39 is 0 Å².